The summed E-state index contributed by atoms with van der Waals surface area (Å²) in [5, 5.41) is 5.66. The van der Waals surface area contributed by atoms with Crippen LogP contribution in [0.15, 0.2) is 41.2 Å². The molecule has 0 aliphatic heterocycles. The minimum Gasteiger partial charge on any atom is -0.472 e. The third-order valence-corrected chi connectivity index (χ3v) is 2.92. The van der Waals surface area contributed by atoms with Gasteiger partial charge in [-0.05, 0) is 31.2 Å². The topological polar surface area (TPSA) is 71.3 Å². The van der Waals surface area contributed by atoms with E-state index in [-0.39, 0.29) is 11.8 Å². The lowest BCUT2D eigenvalue weighted by Gasteiger charge is -2.08. The zero-order valence-corrected chi connectivity index (χ0v) is 11.5. The van der Waals surface area contributed by atoms with Crippen molar-refractivity contribution in [3.8, 4) is 0 Å². The number of carbonyl (C=O) groups excluding carboxylic acids is 2. The summed E-state index contributed by atoms with van der Waals surface area (Å²) in [4.78, 5) is 23.7. The second kappa shape index (κ2) is 6.25. The lowest BCUT2D eigenvalue weighted by molar-refractivity contribution is 0.0954. The van der Waals surface area contributed by atoms with Crippen LogP contribution in [0.3, 0.4) is 0 Å². The molecule has 1 aromatic heterocycles. The number of benzene rings is 1. The minimum atomic E-state index is -0.317. The van der Waals surface area contributed by atoms with Crippen LogP contribution in [0, 0.1) is 0 Å². The largest absolute Gasteiger partial charge is 0.472 e. The molecule has 0 radical (unpaired) electrons. The molecule has 1 heterocycles. The Hall–Kier alpha value is -2.27. The molecular weight excluding hydrogens is 280 g/mol. The quantitative estimate of drug-likeness (QED) is 0.910. The molecular formula is C14H13ClN2O3. The Balaban J connectivity index is 2.19. The van der Waals surface area contributed by atoms with Gasteiger partial charge in [-0.2, -0.15) is 0 Å². The van der Waals surface area contributed by atoms with Crippen molar-refractivity contribution in [3.05, 3.63) is 52.9 Å². The van der Waals surface area contributed by atoms with E-state index in [0.29, 0.717) is 28.4 Å². The molecule has 2 aromatic rings. The second-order valence-corrected chi connectivity index (χ2v) is 4.43. The normalized spacial score (nSPS) is 10.1. The van der Waals surface area contributed by atoms with E-state index in [9.17, 15) is 9.59 Å². The first-order chi connectivity index (χ1) is 9.61. The first-order valence-electron chi connectivity index (χ1n) is 6.03. The number of furan rings is 1. The monoisotopic (exact) mass is 292 g/mol. The lowest BCUT2D eigenvalue weighted by atomic mass is 10.1. The summed E-state index contributed by atoms with van der Waals surface area (Å²) < 4.78 is 4.84. The van der Waals surface area contributed by atoms with Crippen molar-refractivity contribution in [1.29, 1.82) is 0 Å². The summed E-state index contributed by atoms with van der Waals surface area (Å²) in [7, 11) is 0. The fraction of sp³-hybridized carbons (Fsp3) is 0.143. The van der Waals surface area contributed by atoms with Crippen LogP contribution in [0.25, 0.3) is 0 Å². The maximum absolute atomic E-state index is 11.9. The van der Waals surface area contributed by atoms with Gasteiger partial charge in [0.1, 0.15) is 6.26 Å². The molecule has 6 heteroatoms. The van der Waals surface area contributed by atoms with Crippen LogP contribution in [0.2, 0.25) is 5.02 Å². The van der Waals surface area contributed by atoms with Crippen molar-refractivity contribution in [2.45, 2.75) is 6.92 Å². The van der Waals surface area contributed by atoms with Gasteiger partial charge < -0.3 is 15.1 Å². The summed E-state index contributed by atoms with van der Waals surface area (Å²) in [5.74, 6) is -0.597. The van der Waals surface area contributed by atoms with Crippen molar-refractivity contribution < 1.29 is 14.0 Å². The summed E-state index contributed by atoms with van der Waals surface area (Å²) in [6, 6.07) is 6.28. The Morgan fingerprint density at radius 1 is 1.25 bits per heavy atom. The Bertz CT molecular complexity index is 623. The first kappa shape index (κ1) is 14.1. The number of anilines is 1. The molecule has 0 unspecified atom stereocenters. The summed E-state index contributed by atoms with van der Waals surface area (Å²) >= 11 is 5.97. The van der Waals surface area contributed by atoms with Crippen LogP contribution in [0.1, 0.15) is 27.6 Å². The number of halogens is 1. The van der Waals surface area contributed by atoms with Gasteiger partial charge >= 0.3 is 0 Å². The molecule has 2 N–H and O–H groups in total. The highest BCUT2D eigenvalue weighted by Crippen LogP contribution is 2.21. The number of nitrogens with one attached hydrogen (secondary N) is 2. The van der Waals surface area contributed by atoms with E-state index in [1.165, 1.54) is 18.6 Å². The number of carbonyl (C=O) groups is 2. The fourth-order valence-corrected chi connectivity index (χ4v) is 1.83. The van der Waals surface area contributed by atoms with Crippen molar-refractivity contribution in [3.63, 3.8) is 0 Å². The van der Waals surface area contributed by atoms with Crippen LogP contribution < -0.4 is 10.6 Å². The van der Waals surface area contributed by atoms with Gasteiger partial charge in [0.15, 0.2) is 0 Å². The Morgan fingerprint density at radius 3 is 2.70 bits per heavy atom. The molecule has 1 aromatic carbocycles. The summed E-state index contributed by atoms with van der Waals surface area (Å²) in [5.41, 5.74) is 1.21. The van der Waals surface area contributed by atoms with Crippen LogP contribution >= 0.6 is 11.6 Å². The summed E-state index contributed by atoms with van der Waals surface area (Å²) in [6.45, 7) is 2.32. The Kier molecular flexibility index (Phi) is 4.42. The van der Waals surface area contributed by atoms with Gasteiger partial charge in [0, 0.05) is 12.2 Å². The number of rotatable bonds is 4. The average molecular weight is 293 g/mol. The molecule has 0 saturated heterocycles. The van der Waals surface area contributed by atoms with E-state index in [0.717, 1.165) is 0 Å². The van der Waals surface area contributed by atoms with Crippen LogP contribution in [-0.2, 0) is 0 Å². The third kappa shape index (κ3) is 3.19. The molecule has 0 bridgehead atoms. The minimum absolute atomic E-state index is 0.281. The van der Waals surface area contributed by atoms with Gasteiger partial charge in [-0.15, -0.1) is 0 Å². The maximum Gasteiger partial charge on any atom is 0.258 e. The van der Waals surface area contributed by atoms with E-state index in [1.54, 1.807) is 18.2 Å². The molecule has 0 fully saturated rings. The smallest absolute Gasteiger partial charge is 0.258 e. The highest BCUT2D eigenvalue weighted by atomic mass is 35.5. The molecule has 0 aliphatic carbocycles. The number of amides is 2. The van der Waals surface area contributed by atoms with E-state index in [1.807, 2.05) is 6.92 Å². The molecule has 0 spiro atoms. The Morgan fingerprint density at radius 2 is 2.05 bits per heavy atom. The van der Waals surface area contributed by atoms with Gasteiger partial charge in [0.2, 0.25) is 0 Å². The van der Waals surface area contributed by atoms with Gasteiger partial charge in [0.05, 0.1) is 22.4 Å². The molecule has 2 amide bonds. The number of hydrogen-bond donors (Lipinski definition) is 2. The van der Waals surface area contributed by atoms with Gasteiger partial charge in [-0.25, -0.2) is 0 Å². The molecule has 2 rings (SSSR count). The average Bonchev–Trinajstić information content (AvgIpc) is 2.95. The van der Waals surface area contributed by atoms with Gasteiger partial charge in [0.25, 0.3) is 11.8 Å². The first-order valence-corrected chi connectivity index (χ1v) is 6.41. The molecule has 0 atom stereocenters. The van der Waals surface area contributed by atoms with Crippen molar-refractivity contribution >= 4 is 29.1 Å². The fourth-order valence-electron chi connectivity index (χ4n) is 1.63. The van der Waals surface area contributed by atoms with Gasteiger partial charge in [-0.3, -0.25) is 9.59 Å². The Labute approximate surface area is 120 Å². The van der Waals surface area contributed by atoms with E-state index in [4.69, 9.17) is 16.0 Å². The molecule has 5 nitrogen and oxygen atoms in total. The van der Waals surface area contributed by atoms with Crippen molar-refractivity contribution in [2.75, 3.05) is 11.9 Å². The van der Waals surface area contributed by atoms with E-state index < -0.39 is 0 Å². The lowest BCUT2D eigenvalue weighted by Crippen LogP contribution is -2.23. The predicted molar refractivity (Wildman–Crippen MR) is 76.1 cm³/mol. The standard InChI is InChI=1S/C14H13ClN2O3/c1-2-16-14(19)11-7-10(3-4-12(11)15)17-13(18)9-5-6-20-8-9/h3-8H,2H2,1H3,(H,16,19)(H,17,18). The maximum atomic E-state index is 11.9. The molecule has 104 valence electrons. The van der Waals surface area contributed by atoms with Crippen molar-refractivity contribution in [1.82, 2.24) is 5.32 Å². The second-order valence-electron chi connectivity index (χ2n) is 4.02. The van der Waals surface area contributed by atoms with Gasteiger partial charge in [-0.1, -0.05) is 11.6 Å². The SMILES string of the molecule is CCNC(=O)c1cc(NC(=O)c2ccoc2)ccc1Cl. The molecule has 20 heavy (non-hydrogen) atoms. The van der Waals surface area contributed by atoms with E-state index in [2.05, 4.69) is 10.6 Å². The highest BCUT2D eigenvalue weighted by Gasteiger charge is 2.12. The molecule has 0 saturated carbocycles. The van der Waals surface area contributed by atoms with Crippen LogP contribution in [0.4, 0.5) is 5.69 Å². The third-order valence-electron chi connectivity index (χ3n) is 2.59. The van der Waals surface area contributed by atoms with Crippen LogP contribution in [-0.4, -0.2) is 18.4 Å². The zero-order chi connectivity index (χ0) is 14.5. The van der Waals surface area contributed by atoms with E-state index >= 15 is 0 Å². The highest BCUT2D eigenvalue weighted by molar-refractivity contribution is 6.34. The summed E-state index contributed by atoms with van der Waals surface area (Å²) in [6.07, 6.45) is 2.76. The zero-order valence-electron chi connectivity index (χ0n) is 10.8. The predicted octanol–water partition coefficient (Wildman–Crippen LogP) is 2.94. The van der Waals surface area contributed by atoms with Crippen molar-refractivity contribution in [2.24, 2.45) is 0 Å². The number of hydrogen-bond acceptors (Lipinski definition) is 3. The molecule has 0 aliphatic rings. The van der Waals surface area contributed by atoms with Crippen LogP contribution in [0.5, 0.6) is 0 Å².